The van der Waals surface area contributed by atoms with E-state index in [9.17, 15) is 4.79 Å². The van der Waals surface area contributed by atoms with E-state index in [1.807, 2.05) is 14.0 Å². The van der Waals surface area contributed by atoms with E-state index in [1.54, 1.807) is 17.4 Å². The molecule has 1 aliphatic heterocycles. The highest BCUT2D eigenvalue weighted by molar-refractivity contribution is 5.89. The van der Waals surface area contributed by atoms with Gasteiger partial charge < -0.3 is 9.88 Å². The van der Waals surface area contributed by atoms with E-state index in [0.717, 1.165) is 18.7 Å². The maximum atomic E-state index is 11.8. The van der Waals surface area contributed by atoms with Crippen molar-refractivity contribution in [3.63, 3.8) is 0 Å². The van der Waals surface area contributed by atoms with E-state index in [2.05, 4.69) is 9.97 Å². The molecule has 1 amide bonds. The van der Waals surface area contributed by atoms with Crippen LogP contribution in [0.2, 0.25) is 0 Å². The van der Waals surface area contributed by atoms with Crippen molar-refractivity contribution in [3.8, 4) is 0 Å². The number of nitrogens with one attached hydrogen (secondary N) is 1. The van der Waals surface area contributed by atoms with Crippen LogP contribution in [0.15, 0.2) is 12.5 Å². The molecule has 1 N–H and O–H groups in total. The highest BCUT2D eigenvalue weighted by atomic mass is 16.2. The lowest BCUT2D eigenvalue weighted by atomic mass is 9.86. The molecule has 1 atom stereocenters. The van der Waals surface area contributed by atoms with Gasteiger partial charge in [-0.15, -0.1) is 0 Å². The molecule has 13 heavy (non-hydrogen) atoms. The van der Waals surface area contributed by atoms with Crippen molar-refractivity contribution in [2.45, 2.75) is 18.8 Å². The van der Waals surface area contributed by atoms with Crippen molar-refractivity contribution in [3.05, 3.63) is 18.2 Å². The van der Waals surface area contributed by atoms with Gasteiger partial charge in [0.15, 0.2) is 0 Å². The maximum Gasteiger partial charge on any atom is 0.234 e. The standard InChI is InChI=1S/C9H13N3O/c1-9(7-5-10-6-11-7)3-4-12(2)8(9)13/h5-6H,3-4H2,1-2H3,(H,10,11). The smallest absolute Gasteiger partial charge is 0.234 e. The lowest BCUT2D eigenvalue weighted by Gasteiger charge is -2.19. The normalized spacial score (nSPS) is 28.5. The Kier molecular flexibility index (Phi) is 1.65. The molecular formula is C9H13N3O. The number of carbonyl (C=O) groups excluding carboxylic acids is 1. The van der Waals surface area contributed by atoms with Crippen molar-refractivity contribution in [2.75, 3.05) is 13.6 Å². The topological polar surface area (TPSA) is 49.0 Å². The molecule has 0 bridgehead atoms. The number of nitrogens with zero attached hydrogens (tertiary/aromatic N) is 2. The van der Waals surface area contributed by atoms with Crippen molar-refractivity contribution in [1.29, 1.82) is 0 Å². The van der Waals surface area contributed by atoms with E-state index in [0.29, 0.717) is 0 Å². The Hall–Kier alpha value is -1.32. The van der Waals surface area contributed by atoms with Crippen LogP contribution in [-0.2, 0) is 10.2 Å². The van der Waals surface area contributed by atoms with Crippen molar-refractivity contribution >= 4 is 5.91 Å². The van der Waals surface area contributed by atoms with Crippen LogP contribution in [0.5, 0.6) is 0 Å². The number of H-pyrrole nitrogens is 1. The lowest BCUT2D eigenvalue weighted by molar-refractivity contribution is -0.130. The first-order chi connectivity index (χ1) is 6.14. The van der Waals surface area contributed by atoms with Crippen LogP contribution in [0.25, 0.3) is 0 Å². The van der Waals surface area contributed by atoms with E-state index < -0.39 is 0 Å². The summed E-state index contributed by atoms with van der Waals surface area (Å²) < 4.78 is 0. The minimum Gasteiger partial charge on any atom is -0.348 e. The number of hydrogen-bond acceptors (Lipinski definition) is 2. The van der Waals surface area contributed by atoms with Gasteiger partial charge >= 0.3 is 0 Å². The second-order valence-electron chi connectivity index (χ2n) is 3.77. The van der Waals surface area contributed by atoms with Crippen molar-refractivity contribution < 1.29 is 4.79 Å². The van der Waals surface area contributed by atoms with Gasteiger partial charge in [0.2, 0.25) is 5.91 Å². The summed E-state index contributed by atoms with van der Waals surface area (Å²) in [4.78, 5) is 20.5. The van der Waals surface area contributed by atoms with Crippen LogP contribution in [0.1, 0.15) is 19.0 Å². The van der Waals surface area contributed by atoms with Gasteiger partial charge in [0.1, 0.15) is 0 Å². The molecule has 1 unspecified atom stereocenters. The fourth-order valence-electron chi connectivity index (χ4n) is 1.83. The first-order valence-electron chi connectivity index (χ1n) is 4.39. The summed E-state index contributed by atoms with van der Waals surface area (Å²) in [6.45, 7) is 2.79. The minimum absolute atomic E-state index is 0.178. The summed E-state index contributed by atoms with van der Waals surface area (Å²) in [5.74, 6) is 0.178. The largest absolute Gasteiger partial charge is 0.348 e. The number of likely N-dealkylation sites (N-methyl/N-ethyl adjacent to an activating group) is 1. The molecule has 2 rings (SSSR count). The monoisotopic (exact) mass is 179 g/mol. The number of aromatic nitrogens is 2. The van der Waals surface area contributed by atoms with E-state index >= 15 is 0 Å². The molecule has 0 aliphatic carbocycles. The molecule has 2 heterocycles. The highest BCUT2D eigenvalue weighted by Gasteiger charge is 2.43. The predicted octanol–water partition coefficient (Wildman–Crippen LogP) is 0.529. The summed E-state index contributed by atoms with van der Waals surface area (Å²) >= 11 is 0. The van der Waals surface area contributed by atoms with Crippen molar-refractivity contribution in [2.24, 2.45) is 0 Å². The molecule has 0 aromatic carbocycles. The molecule has 1 fully saturated rings. The van der Waals surface area contributed by atoms with Crippen LogP contribution < -0.4 is 0 Å². The molecule has 0 saturated carbocycles. The number of imidazole rings is 1. The number of rotatable bonds is 1. The first kappa shape index (κ1) is 8.29. The summed E-state index contributed by atoms with van der Waals surface area (Å²) in [7, 11) is 1.84. The molecule has 70 valence electrons. The number of carbonyl (C=O) groups is 1. The summed E-state index contributed by atoms with van der Waals surface area (Å²) in [6, 6.07) is 0. The van der Waals surface area contributed by atoms with E-state index in [1.165, 1.54) is 0 Å². The second kappa shape index (κ2) is 2.58. The van der Waals surface area contributed by atoms with Crippen LogP contribution in [0, 0.1) is 0 Å². The SMILES string of the molecule is CN1CCC(C)(c2cnc[nH]2)C1=O. The van der Waals surface area contributed by atoms with Gasteiger partial charge in [-0.3, -0.25) is 4.79 Å². The zero-order chi connectivity index (χ0) is 9.47. The summed E-state index contributed by atoms with van der Waals surface area (Å²) in [6.07, 6.45) is 4.22. The van der Waals surface area contributed by atoms with Gasteiger partial charge in [-0.2, -0.15) is 0 Å². The van der Waals surface area contributed by atoms with Crippen LogP contribution >= 0.6 is 0 Å². The quantitative estimate of drug-likeness (QED) is 0.683. The zero-order valence-electron chi connectivity index (χ0n) is 7.87. The fourth-order valence-corrected chi connectivity index (χ4v) is 1.83. The lowest BCUT2D eigenvalue weighted by Crippen LogP contribution is -2.33. The van der Waals surface area contributed by atoms with E-state index in [-0.39, 0.29) is 11.3 Å². The number of aromatic amines is 1. The molecule has 1 aromatic rings. The van der Waals surface area contributed by atoms with Gasteiger partial charge in [-0.05, 0) is 13.3 Å². The third kappa shape index (κ3) is 1.05. The van der Waals surface area contributed by atoms with Gasteiger partial charge in [0.05, 0.1) is 11.7 Å². The Bertz CT molecular complexity index is 320. The molecule has 4 nitrogen and oxygen atoms in total. The van der Waals surface area contributed by atoms with Crippen LogP contribution in [0.4, 0.5) is 0 Å². The van der Waals surface area contributed by atoms with E-state index in [4.69, 9.17) is 0 Å². The average molecular weight is 179 g/mol. The number of hydrogen-bond donors (Lipinski definition) is 1. The summed E-state index contributed by atoms with van der Waals surface area (Å²) in [5.41, 5.74) is 0.535. The Balaban J connectivity index is 2.37. The van der Waals surface area contributed by atoms with Crippen LogP contribution in [-0.4, -0.2) is 34.4 Å². The molecule has 0 spiro atoms. The third-order valence-corrected chi connectivity index (χ3v) is 2.86. The van der Waals surface area contributed by atoms with Gasteiger partial charge in [0, 0.05) is 25.5 Å². The Morgan fingerprint density at radius 3 is 2.92 bits per heavy atom. The summed E-state index contributed by atoms with van der Waals surface area (Å²) in [5, 5.41) is 0. The molecule has 1 aromatic heterocycles. The average Bonchev–Trinajstić information content (AvgIpc) is 2.71. The van der Waals surface area contributed by atoms with Crippen LogP contribution in [0.3, 0.4) is 0 Å². The third-order valence-electron chi connectivity index (χ3n) is 2.86. The molecule has 0 radical (unpaired) electrons. The Morgan fingerprint density at radius 2 is 2.46 bits per heavy atom. The zero-order valence-corrected chi connectivity index (χ0v) is 7.87. The van der Waals surface area contributed by atoms with Gasteiger partial charge in [0.25, 0.3) is 0 Å². The number of amides is 1. The molecule has 1 saturated heterocycles. The van der Waals surface area contributed by atoms with Gasteiger partial charge in [-0.25, -0.2) is 4.98 Å². The van der Waals surface area contributed by atoms with Gasteiger partial charge in [-0.1, -0.05) is 0 Å². The maximum absolute atomic E-state index is 11.8. The number of likely N-dealkylation sites (tertiary alicyclic amines) is 1. The molecular weight excluding hydrogens is 166 g/mol. The first-order valence-corrected chi connectivity index (χ1v) is 4.39. The Labute approximate surface area is 77.0 Å². The Morgan fingerprint density at radius 1 is 1.69 bits per heavy atom. The minimum atomic E-state index is -0.384. The predicted molar refractivity (Wildman–Crippen MR) is 48.2 cm³/mol. The molecule has 4 heteroatoms. The fraction of sp³-hybridized carbons (Fsp3) is 0.556. The molecule has 1 aliphatic rings. The van der Waals surface area contributed by atoms with Crippen molar-refractivity contribution in [1.82, 2.24) is 14.9 Å². The second-order valence-corrected chi connectivity index (χ2v) is 3.77. The highest BCUT2D eigenvalue weighted by Crippen LogP contribution is 2.32.